The fourth-order valence-electron chi connectivity index (χ4n) is 2.69. The number of carbonyl (C=O) groups is 3. The average molecular weight is 361 g/mol. The highest BCUT2D eigenvalue weighted by atomic mass is 32.2. The van der Waals surface area contributed by atoms with Crippen molar-refractivity contribution in [2.24, 2.45) is 0 Å². The molecule has 0 aromatic heterocycles. The van der Waals surface area contributed by atoms with Crippen LogP contribution in [0.4, 0.5) is 4.79 Å². The second-order valence-corrected chi connectivity index (χ2v) is 7.15. The predicted octanol–water partition coefficient (Wildman–Crippen LogP) is -0.416. The van der Waals surface area contributed by atoms with Crippen LogP contribution in [0.1, 0.15) is 5.56 Å². The minimum Gasteiger partial charge on any atom is -0.335 e. The molecule has 0 radical (unpaired) electrons. The Bertz CT molecular complexity index is 699. The Labute approximate surface area is 150 Å². The van der Waals surface area contributed by atoms with Gasteiger partial charge in [-0.05, 0) is 23.4 Å². The number of thioether (sulfide) groups is 1. The predicted molar refractivity (Wildman–Crippen MR) is 95.5 cm³/mol. The Hall–Kier alpha value is -2.16. The topological polar surface area (TPSA) is 74.2 Å². The Kier molecular flexibility index (Phi) is 5.52. The van der Waals surface area contributed by atoms with E-state index in [0.29, 0.717) is 4.91 Å². The zero-order valence-corrected chi connectivity index (χ0v) is 14.8. The Morgan fingerprint density at radius 1 is 1.24 bits per heavy atom. The molecule has 0 unspecified atom stereocenters. The molecule has 2 aliphatic rings. The van der Waals surface area contributed by atoms with Gasteiger partial charge in [0.15, 0.2) is 0 Å². The van der Waals surface area contributed by atoms with Crippen LogP contribution in [-0.2, 0) is 9.59 Å². The fraction of sp³-hybridized carbons (Fsp3) is 0.353. The van der Waals surface area contributed by atoms with E-state index in [1.165, 1.54) is 4.90 Å². The van der Waals surface area contributed by atoms with E-state index in [4.69, 9.17) is 0 Å². The summed E-state index contributed by atoms with van der Waals surface area (Å²) in [6.07, 6.45) is 1.67. The molecule has 2 saturated heterocycles. The van der Waals surface area contributed by atoms with Crippen LogP contribution in [0.3, 0.4) is 0 Å². The van der Waals surface area contributed by atoms with E-state index in [0.717, 1.165) is 48.4 Å². The number of likely N-dealkylation sites (N-methyl/N-ethyl adjacent to an activating group) is 1. The van der Waals surface area contributed by atoms with Gasteiger partial charge in [-0.3, -0.25) is 24.7 Å². The minimum atomic E-state index is -0.420. The zero-order valence-electron chi connectivity index (χ0n) is 14.0. The van der Waals surface area contributed by atoms with Gasteiger partial charge in [0, 0.05) is 0 Å². The van der Waals surface area contributed by atoms with Crippen molar-refractivity contribution in [3.8, 4) is 0 Å². The van der Waals surface area contributed by atoms with Gasteiger partial charge in [-0.25, -0.2) is 5.01 Å². The first-order chi connectivity index (χ1) is 12.0. The van der Waals surface area contributed by atoms with E-state index in [1.807, 2.05) is 35.3 Å². The molecule has 3 rings (SSSR count). The SMILES string of the molecule is C[NH+]1CCN(NC(=O)CN2C(=O)S/C(=C/c3ccccc3)C2=O)CC1. The maximum atomic E-state index is 12.4. The van der Waals surface area contributed by atoms with E-state index in [9.17, 15) is 14.4 Å². The van der Waals surface area contributed by atoms with E-state index >= 15 is 0 Å². The van der Waals surface area contributed by atoms with E-state index in [1.54, 1.807) is 6.08 Å². The molecule has 0 aliphatic carbocycles. The van der Waals surface area contributed by atoms with E-state index < -0.39 is 11.1 Å². The van der Waals surface area contributed by atoms with Gasteiger partial charge in [-0.15, -0.1) is 0 Å². The smallest absolute Gasteiger partial charge is 0.294 e. The van der Waals surface area contributed by atoms with Crippen LogP contribution >= 0.6 is 11.8 Å². The fourth-order valence-corrected chi connectivity index (χ4v) is 3.53. The van der Waals surface area contributed by atoms with Gasteiger partial charge in [-0.1, -0.05) is 30.3 Å². The first-order valence-corrected chi connectivity index (χ1v) is 9.01. The van der Waals surface area contributed by atoms with Crippen molar-refractivity contribution in [1.29, 1.82) is 0 Å². The molecule has 7 nitrogen and oxygen atoms in total. The third kappa shape index (κ3) is 4.47. The number of nitrogens with zero attached hydrogens (tertiary/aromatic N) is 2. The molecule has 0 spiro atoms. The molecule has 2 N–H and O–H groups in total. The Balaban J connectivity index is 1.59. The van der Waals surface area contributed by atoms with E-state index in [2.05, 4.69) is 12.5 Å². The molecule has 0 atom stereocenters. The number of nitrogens with one attached hydrogen (secondary N) is 2. The van der Waals surface area contributed by atoms with Crippen molar-refractivity contribution in [2.75, 3.05) is 39.8 Å². The number of imide groups is 1. The minimum absolute atomic E-state index is 0.254. The summed E-state index contributed by atoms with van der Waals surface area (Å²) in [7, 11) is 2.11. The van der Waals surface area contributed by atoms with Crippen LogP contribution in [0, 0.1) is 0 Å². The molecule has 0 saturated carbocycles. The van der Waals surface area contributed by atoms with Crippen LogP contribution in [0.25, 0.3) is 6.08 Å². The molecule has 1 aromatic carbocycles. The number of rotatable bonds is 4. The second-order valence-electron chi connectivity index (χ2n) is 6.16. The van der Waals surface area contributed by atoms with E-state index in [-0.39, 0.29) is 12.5 Å². The summed E-state index contributed by atoms with van der Waals surface area (Å²) in [6.45, 7) is 3.15. The van der Waals surface area contributed by atoms with Crippen LogP contribution < -0.4 is 10.3 Å². The van der Waals surface area contributed by atoms with Crippen molar-refractivity contribution in [1.82, 2.24) is 15.3 Å². The number of amides is 3. The summed E-state index contributed by atoms with van der Waals surface area (Å²) < 4.78 is 0. The number of hydrogen-bond acceptors (Lipinski definition) is 5. The standard InChI is InChI=1S/C17H20N4O3S/c1-19-7-9-20(10-8-19)18-15(22)12-21-16(23)14(25-17(21)24)11-13-5-3-2-4-6-13/h2-6,11H,7-10,12H2,1H3,(H,18,22)/p+1/b14-11+. The molecule has 2 heterocycles. The van der Waals surface area contributed by atoms with Gasteiger partial charge in [0.1, 0.15) is 6.54 Å². The first kappa shape index (κ1) is 17.7. The average Bonchev–Trinajstić information content (AvgIpc) is 2.85. The molecule has 0 bridgehead atoms. The maximum Gasteiger partial charge on any atom is 0.294 e. The third-order valence-corrected chi connectivity index (χ3v) is 5.08. The molecule has 3 amide bonds. The van der Waals surface area contributed by atoms with Crippen molar-refractivity contribution in [2.45, 2.75) is 0 Å². The lowest BCUT2D eigenvalue weighted by Crippen LogP contribution is -3.12. The molecular weight excluding hydrogens is 340 g/mol. The quantitative estimate of drug-likeness (QED) is 0.713. The summed E-state index contributed by atoms with van der Waals surface area (Å²) in [6, 6.07) is 9.32. The Morgan fingerprint density at radius 2 is 1.92 bits per heavy atom. The van der Waals surface area contributed by atoms with Crippen LogP contribution in [-0.4, -0.2) is 66.7 Å². The summed E-state index contributed by atoms with van der Waals surface area (Å²) in [5.74, 6) is -0.764. The highest BCUT2D eigenvalue weighted by Gasteiger charge is 2.36. The highest BCUT2D eigenvalue weighted by Crippen LogP contribution is 2.31. The summed E-state index contributed by atoms with van der Waals surface area (Å²) in [4.78, 5) is 39.4. The van der Waals surface area contributed by atoms with Gasteiger partial charge in [0.2, 0.25) is 0 Å². The number of piperazine rings is 1. The third-order valence-electron chi connectivity index (χ3n) is 4.17. The molecule has 2 aliphatic heterocycles. The summed E-state index contributed by atoms with van der Waals surface area (Å²) in [5, 5.41) is 1.43. The van der Waals surface area contributed by atoms with Gasteiger partial charge >= 0.3 is 0 Å². The van der Waals surface area contributed by atoms with Crippen molar-refractivity contribution in [3.63, 3.8) is 0 Å². The largest absolute Gasteiger partial charge is 0.335 e. The highest BCUT2D eigenvalue weighted by molar-refractivity contribution is 8.18. The molecule has 25 heavy (non-hydrogen) atoms. The van der Waals surface area contributed by atoms with Crippen molar-refractivity contribution in [3.05, 3.63) is 40.8 Å². The normalized spacial score (nSPS) is 21.2. The molecule has 8 heteroatoms. The summed E-state index contributed by atoms with van der Waals surface area (Å²) >= 11 is 0.867. The second kappa shape index (κ2) is 7.81. The number of quaternary nitrogens is 1. The molecular formula is C17H21N4O3S+. The van der Waals surface area contributed by atoms with Gasteiger partial charge in [0.25, 0.3) is 17.1 Å². The first-order valence-electron chi connectivity index (χ1n) is 8.19. The lowest BCUT2D eigenvalue weighted by Gasteiger charge is -2.30. The Morgan fingerprint density at radius 3 is 2.60 bits per heavy atom. The lowest BCUT2D eigenvalue weighted by molar-refractivity contribution is -0.884. The van der Waals surface area contributed by atoms with Gasteiger partial charge in [0.05, 0.1) is 38.1 Å². The van der Waals surface area contributed by atoms with Crippen molar-refractivity contribution >= 4 is 34.9 Å². The number of hydrazine groups is 1. The number of carbonyl (C=O) groups excluding carboxylic acids is 3. The van der Waals surface area contributed by atoms with Gasteiger partial charge in [-0.2, -0.15) is 0 Å². The molecule has 2 fully saturated rings. The lowest BCUT2D eigenvalue weighted by atomic mass is 10.2. The monoisotopic (exact) mass is 361 g/mol. The maximum absolute atomic E-state index is 12.4. The van der Waals surface area contributed by atoms with Crippen LogP contribution in [0.15, 0.2) is 35.2 Å². The zero-order chi connectivity index (χ0) is 17.8. The number of hydrogen-bond donors (Lipinski definition) is 2. The van der Waals surface area contributed by atoms with Gasteiger partial charge < -0.3 is 4.90 Å². The van der Waals surface area contributed by atoms with Crippen LogP contribution in [0.5, 0.6) is 0 Å². The number of benzene rings is 1. The van der Waals surface area contributed by atoms with Crippen LogP contribution in [0.2, 0.25) is 0 Å². The molecule has 1 aromatic rings. The molecule has 132 valence electrons. The van der Waals surface area contributed by atoms with Crippen molar-refractivity contribution < 1.29 is 19.3 Å². The summed E-state index contributed by atoms with van der Waals surface area (Å²) in [5.41, 5.74) is 3.62.